The zero-order valence-electron chi connectivity index (χ0n) is 12.7. The molecule has 0 radical (unpaired) electrons. The molecular weight excluding hydrogens is 222 g/mol. The minimum atomic E-state index is 0.334. The summed E-state index contributed by atoms with van der Waals surface area (Å²) in [6.45, 7) is 11.9. The highest BCUT2D eigenvalue weighted by molar-refractivity contribution is 4.93. The zero-order chi connectivity index (χ0) is 13.3. The van der Waals surface area contributed by atoms with Crippen molar-refractivity contribution in [2.45, 2.75) is 52.1 Å². The number of likely N-dealkylation sites (N-methyl/N-ethyl adjacent to an activating group) is 1. The van der Waals surface area contributed by atoms with E-state index in [1.54, 1.807) is 0 Å². The average Bonchev–Trinajstić information content (AvgIpc) is 2.30. The van der Waals surface area contributed by atoms with Crippen LogP contribution in [0.4, 0.5) is 0 Å². The van der Waals surface area contributed by atoms with Crippen LogP contribution in [0.25, 0.3) is 0 Å². The lowest BCUT2D eigenvalue weighted by Crippen LogP contribution is -2.55. The molecule has 2 rings (SSSR count). The Morgan fingerprint density at radius 1 is 1.28 bits per heavy atom. The third-order valence-electron chi connectivity index (χ3n) is 5.34. The lowest BCUT2D eigenvalue weighted by Gasteiger charge is -2.45. The van der Waals surface area contributed by atoms with Crippen molar-refractivity contribution >= 4 is 0 Å². The Bertz CT molecular complexity index is 277. The largest absolute Gasteiger partial charge is 0.327 e. The molecule has 1 aliphatic heterocycles. The van der Waals surface area contributed by atoms with Gasteiger partial charge in [-0.15, -0.1) is 0 Å². The van der Waals surface area contributed by atoms with Gasteiger partial charge >= 0.3 is 0 Å². The first-order chi connectivity index (χ1) is 8.40. The number of nitrogens with two attached hydrogens (primary N) is 1. The Hall–Kier alpha value is -0.120. The second-order valence-corrected chi connectivity index (χ2v) is 7.26. The van der Waals surface area contributed by atoms with E-state index in [4.69, 9.17) is 5.73 Å². The van der Waals surface area contributed by atoms with Crippen LogP contribution in [0, 0.1) is 11.3 Å². The summed E-state index contributed by atoms with van der Waals surface area (Å²) in [4.78, 5) is 5.10. The normalized spacial score (nSPS) is 38.8. The van der Waals surface area contributed by atoms with Crippen molar-refractivity contribution < 1.29 is 0 Å². The number of hydrogen-bond donors (Lipinski definition) is 1. The van der Waals surface area contributed by atoms with Gasteiger partial charge in [0.2, 0.25) is 0 Å². The number of piperazine rings is 1. The standard InChI is InChI=1S/C15H31N3/c1-12-10-18(9-8-17(12)4)11-13-6-5-7-15(2,3)14(13)16/h12-14H,5-11,16H2,1-4H3. The maximum absolute atomic E-state index is 6.50. The molecule has 0 spiro atoms. The third-order valence-corrected chi connectivity index (χ3v) is 5.34. The first-order valence-electron chi connectivity index (χ1n) is 7.58. The van der Waals surface area contributed by atoms with Crippen LogP contribution in [0.3, 0.4) is 0 Å². The van der Waals surface area contributed by atoms with E-state index in [9.17, 15) is 0 Å². The van der Waals surface area contributed by atoms with E-state index in [0.29, 0.717) is 23.4 Å². The van der Waals surface area contributed by atoms with Crippen molar-refractivity contribution in [3.05, 3.63) is 0 Å². The lowest BCUT2D eigenvalue weighted by molar-refractivity contribution is 0.0583. The van der Waals surface area contributed by atoms with E-state index in [-0.39, 0.29) is 0 Å². The highest BCUT2D eigenvalue weighted by Crippen LogP contribution is 2.38. The van der Waals surface area contributed by atoms with Gasteiger partial charge in [0.05, 0.1) is 0 Å². The molecule has 2 N–H and O–H groups in total. The molecule has 3 nitrogen and oxygen atoms in total. The molecule has 1 aliphatic carbocycles. The third kappa shape index (κ3) is 3.06. The molecule has 0 amide bonds. The Labute approximate surface area is 113 Å². The van der Waals surface area contributed by atoms with Crippen LogP contribution in [0.15, 0.2) is 0 Å². The molecule has 0 aromatic rings. The summed E-state index contributed by atoms with van der Waals surface area (Å²) in [5, 5.41) is 0. The van der Waals surface area contributed by atoms with Gasteiger partial charge in [0.25, 0.3) is 0 Å². The molecule has 18 heavy (non-hydrogen) atoms. The Kier molecular flexibility index (Phi) is 4.35. The summed E-state index contributed by atoms with van der Waals surface area (Å²) in [5.74, 6) is 0.698. The molecule has 0 aromatic heterocycles. The number of hydrogen-bond acceptors (Lipinski definition) is 3. The summed E-state index contributed by atoms with van der Waals surface area (Å²) >= 11 is 0. The molecule has 3 unspecified atom stereocenters. The molecule has 1 heterocycles. The van der Waals surface area contributed by atoms with Crippen LogP contribution in [0.2, 0.25) is 0 Å². The summed E-state index contributed by atoms with van der Waals surface area (Å²) in [5.41, 5.74) is 6.83. The van der Waals surface area contributed by atoms with E-state index in [0.717, 1.165) is 0 Å². The average molecular weight is 253 g/mol. The van der Waals surface area contributed by atoms with E-state index in [1.807, 2.05) is 0 Å². The fraction of sp³-hybridized carbons (Fsp3) is 1.00. The van der Waals surface area contributed by atoms with E-state index >= 15 is 0 Å². The van der Waals surface area contributed by atoms with Crippen LogP contribution < -0.4 is 5.73 Å². The molecule has 0 aromatic carbocycles. The van der Waals surface area contributed by atoms with Crippen molar-refractivity contribution in [3.8, 4) is 0 Å². The van der Waals surface area contributed by atoms with Gasteiger partial charge < -0.3 is 15.5 Å². The predicted octanol–water partition coefficient (Wildman–Crippen LogP) is 1.78. The SMILES string of the molecule is CC1CN(CC2CCCC(C)(C)C2N)CCN1C. The van der Waals surface area contributed by atoms with E-state index < -0.39 is 0 Å². The fourth-order valence-electron chi connectivity index (χ4n) is 3.63. The molecule has 1 saturated heterocycles. The molecule has 0 bridgehead atoms. The molecule has 2 fully saturated rings. The first-order valence-corrected chi connectivity index (χ1v) is 7.58. The smallest absolute Gasteiger partial charge is 0.0192 e. The molecule has 1 saturated carbocycles. The molecular formula is C15H31N3. The van der Waals surface area contributed by atoms with Crippen LogP contribution in [0.5, 0.6) is 0 Å². The zero-order valence-corrected chi connectivity index (χ0v) is 12.7. The summed E-state index contributed by atoms with van der Waals surface area (Å²) < 4.78 is 0. The Morgan fingerprint density at radius 2 is 2.00 bits per heavy atom. The van der Waals surface area contributed by atoms with Gasteiger partial charge in [-0.1, -0.05) is 20.3 Å². The second-order valence-electron chi connectivity index (χ2n) is 7.26. The molecule has 3 atom stereocenters. The van der Waals surface area contributed by atoms with Gasteiger partial charge in [-0.2, -0.15) is 0 Å². The summed E-state index contributed by atoms with van der Waals surface area (Å²) in [7, 11) is 2.23. The molecule has 106 valence electrons. The number of nitrogens with zero attached hydrogens (tertiary/aromatic N) is 2. The maximum Gasteiger partial charge on any atom is 0.0192 e. The quantitative estimate of drug-likeness (QED) is 0.814. The van der Waals surface area contributed by atoms with Crippen LogP contribution in [0.1, 0.15) is 40.0 Å². The van der Waals surface area contributed by atoms with Crippen molar-refractivity contribution in [1.29, 1.82) is 0 Å². The van der Waals surface area contributed by atoms with Crippen molar-refractivity contribution in [1.82, 2.24) is 9.80 Å². The monoisotopic (exact) mass is 253 g/mol. The van der Waals surface area contributed by atoms with Crippen molar-refractivity contribution in [3.63, 3.8) is 0 Å². The van der Waals surface area contributed by atoms with Gasteiger partial charge in [0.1, 0.15) is 0 Å². The summed E-state index contributed by atoms with van der Waals surface area (Å²) in [6, 6.07) is 1.06. The van der Waals surface area contributed by atoms with Crippen LogP contribution in [-0.4, -0.2) is 55.1 Å². The van der Waals surface area contributed by atoms with Gasteiger partial charge in [0.15, 0.2) is 0 Å². The molecule has 3 heteroatoms. The predicted molar refractivity (Wildman–Crippen MR) is 77.6 cm³/mol. The highest BCUT2D eigenvalue weighted by Gasteiger charge is 2.37. The lowest BCUT2D eigenvalue weighted by atomic mass is 9.68. The van der Waals surface area contributed by atoms with Crippen molar-refractivity contribution in [2.75, 3.05) is 33.2 Å². The van der Waals surface area contributed by atoms with Gasteiger partial charge in [-0.3, -0.25) is 0 Å². The fourth-order valence-corrected chi connectivity index (χ4v) is 3.63. The van der Waals surface area contributed by atoms with Crippen LogP contribution in [-0.2, 0) is 0 Å². The first kappa shape index (κ1) is 14.3. The Balaban J connectivity index is 1.89. The van der Waals surface area contributed by atoms with Crippen molar-refractivity contribution in [2.24, 2.45) is 17.1 Å². The topological polar surface area (TPSA) is 32.5 Å². The number of rotatable bonds is 2. The minimum Gasteiger partial charge on any atom is -0.327 e. The van der Waals surface area contributed by atoms with E-state index in [2.05, 4.69) is 37.6 Å². The highest BCUT2D eigenvalue weighted by atomic mass is 15.3. The second kappa shape index (κ2) is 5.48. The molecule has 2 aliphatic rings. The van der Waals surface area contributed by atoms with Gasteiger partial charge in [-0.25, -0.2) is 0 Å². The summed E-state index contributed by atoms with van der Waals surface area (Å²) in [6.07, 6.45) is 3.98. The van der Waals surface area contributed by atoms with Crippen LogP contribution >= 0.6 is 0 Å². The van der Waals surface area contributed by atoms with Gasteiger partial charge in [0, 0.05) is 38.3 Å². The Morgan fingerprint density at radius 3 is 2.67 bits per heavy atom. The maximum atomic E-state index is 6.50. The minimum absolute atomic E-state index is 0.334. The van der Waals surface area contributed by atoms with Gasteiger partial charge in [-0.05, 0) is 38.1 Å². The van der Waals surface area contributed by atoms with E-state index in [1.165, 1.54) is 45.4 Å².